The highest BCUT2D eigenvalue weighted by Crippen LogP contribution is 2.11. The molecule has 0 radical (unpaired) electrons. The first-order chi connectivity index (χ1) is 9.99. The van der Waals surface area contributed by atoms with Gasteiger partial charge in [0.05, 0.1) is 6.42 Å². The molecule has 0 bridgehead atoms. The second kappa shape index (κ2) is 6.35. The maximum atomic E-state index is 12.1. The minimum Gasteiger partial charge on any atom is -0.326 e. The summed E-state index contributed by atoms with van der Waals surface area (Å²) in [6.45, 7) is 5.51. The fraction of sp³-hybridized carbons (Fsp3) is 0.312. The lowest BCUT2D eigenvalue weighted by molar-refractivity contribution is -0.115. The van der Waals surface area contributed by atoms with Crippen LogP contribution in [-0.4, -0.2) is 15.9 Å². The summed E-state index contributed by atoms with van der Waals surface area (Å²) in [5, 5.41) is 2.81. The number of rotatable bonds is 4. The molecule has 0 saturated heterocycles. The molecule has 0 unspecified atom stereocenters. The normalized spacial score (nSPS) is 10.4. The van der Waals surface area contributed by atoms with Crippen molar-refractivity contribution in [3.05, 3.63) is 57.3 Å². The van der Waals surface area contributed by atoms with Gasteiger partial charge in [0.1, 0.15) is 5.82 Å². The molecular weight excluding hydrogens is 266 g/mol. The van der Waals surface area contributed by atoms with Crippen molar-refractivity contribution in [2.24, 2.45) is 0 Å². The molecule has 2 N–H and O–H groups in total. The lowest BCUT2D eigenvalue weighted by atomic mass is 10.1. The van der Waals surface area contributed by atoms with Crippen LogP contribution >= 0.6 is 0 Å². The Hall–Kier alpha value is -2.43. The first-order valence-electron chi connectivity index (χ1n) is 6.94. The summed E-state index contributed by atoms with van der Waals surface area (Å²) in [6, 6.07) is 7.68. The average Bonchev–Trinajstić information content (AvgIpc) is 2.43. The summed E-state index contributed by atoms with van der Waals surface area (Å²) < 4.78 is 0. The van der Waals surface area contributed by atoms with Crippen molar-refractivity contribution in [2.75, 3.05) is 5.32 Å². The number of hydrogen-bond acceptors (Lipinski definition) is 3. The van der Waals surface area contributed by atoms with Crippen molar-refractivity contribution >= 4 is 11.6 Å². The summed E-state index contributed by atoms with van der Waals surface area (Å²) in [6.07, 6.45) is 0.926. The monoisotopic (exact) mass is 285 g/mol. The molecule has 21 heavy (non-hydrogen) atoms. The van der Waals surface area contributed by atoms with Crippen molar-refractivity contribution in [1.29, 1.82) is 0 Å². The molecule has 5 nitrogen and oxygen atoms in total. The summed E-state index contributed by atoms with van der Waals surface area (Å²) in [4.78, 5) is 30.8. The van der Waals surface area contributed by atoms with Crippen LogP contribution in [-0.2, 0) is 17.6 Å². The fourth-order valence-corrected chi connectivity index (χ4v) is 2.19. The molecule has 2 aromatic rings. The Bertz CT molecular complexity index is 720. The van der Waals surface area contributed by atoms with Gasteiger partial charge in [-0.05, 0) is 38.0 Å². The average molecular weight is 285 g/mol. The van der Waals surface area contributed by atoms with Crippen molar-refractivity contribution in [1.82, 2.24) is 9.97 Å². The van der Waals surface area contributed by atoms with Crippen LogP contribution in [0.2, 0.25) is 0 Å². The zero-order chi connectivity index (χ0) is 15.4. The Kier molecular flexibility index (Phi) is 4.52. The van der Waals surface area contributed by atoms with Gasteiger partial charge in [-0.3, -0.25) is 9.59 Å². The summed E-state index contributed by atoms with van der Waals surface area (Å²) in [5.74, 6) is 0.333. The smallest absolute Gasteiger partial charge is 0.254 e. The first-order valence-corrected chi connectivity index (χ1v) is 6.94. The van der Waals surface area contributed by atoms with Crippen molar-refractivity contribution in [3.8, 4) is 0 Å². The second-order valence-electron chi connectivity index (χ2n) is 4.99. The van der Waals surface area contributed by atoms with Gasteiger partial charge in [0.25, 0.3) is 5.56 Å². The largest absolute Gasteiger partial charge is 0.326 e. The number of carbonyl (C=O) groups excluding carboxylic acids is 1. The van der Waals surface area contributed by atoms with E-state index in [1.54, 1.807) is 13.8 Å². The van der Waals surface area contributed by atoms with E-state index >= 15 is 0 Å². The molecule has 1 aromatic carbocycles. The zero-order valence-electron chi connectivity index (χ0n) is 12.5. The molecule has 0 aliphatic rings. The summed E-state index contributed by atoms with van der Waals surface area (Å²) in [5.41, 5.74) is 2.64. The van der Waals surface area contributed by atoms with E-state index in [9.17, 15) is 9.59 Å². The minimum absolute atomic E-state index is 0.0187. The number of nitrogens with zero attached hydrogens (tertiary/aromatic N) is 1. The molecule has 2 rings (SSSR count). The van der Waals surface area contributed by atoms with Gasteiger partial charge >= 0.3 is 0 Å². The first kappa shape index (κ1) is 15.0. The third-order valence-corrected chi connectivity index (χ3v) is 3.30. The highest BCUT2D eigenvalue weighted by atomic mass is 16.2. The molecule has 5 heteroatoms. The van der Waals surface area contributed by atoms with E-state index in [1.807, 2.05) is 24.3 Å². The number of carbonyl (C=O) groups is 1. The maximum Gasteiger partial charge on any atom is 0.254 e. The van der Waals surface area contributed by atoms with Crippen LogP contribution < -0.4 is 10.9 Å². The van der Waals surface area contributed by atoms with Gasteiger partial charge < -0.3 is 10.3 Å². The molecule has 1 heterocycles. The number of anilines is 1. The van der Waals surface area contributed by atoms with Crippen LogP contribution in [0.25, 0.3) is 0 Å². The van der Waals surface area contributed by atoms with Gasteiger partial charge in [0, 0.05) is 16.9 Å². The number of aromatic nitrogens is 2. The molecule has 0 aliphatic carbocycles. The maximum absolute atomic E-state index is 12.1. The molecule has 0 atom stereocenters. The number of H-pyrrole nitrogens is 1. The van der Waals surface area contributed by atoms with Crippen molar-refractivity contribution in [2.45, 2.75) is 33.6 Å². The van der Waals surface area contributed by atoms with E-state index < -0.39 is 0 Å². The van der Waals surface area contributed by atoms with Gasteiger partial charge in [0.15, 0.2) is 0 Å². The lowest BCUT2D eigenvalue weighted by Crippen LogP contribution is -2.24. The highest BCUT2D eigenvalue weighted by Gasteiger charge is 2.12. The van der Waals surface area contributed by atoms with Crippen LogP contribution in [0.15, 0.2) is 29.1 Å². The van der Waals surface area contributed by atoms with Gasteiger partial charge in [-0.15, -0.1) is 0 Å². The Morgan fingerprint density at radius 3 is 2.76 bits per heavy atom. The highest BCUT2D eigenvalue weighted by molar-refractivity contribution is 5.92. The number of amides is 1. The second-order valence-corrected chi connectivity index (χ2v) is 4.99. The third kappa shape index (κ3) is 3.78. The van der Waals surface area contributed by atoms with E-state index in [-0.39, 0.29) is 17.9 Å². The molecule has 1 aromatic heterocycles. The topological polar surface area (TPSA) is 74.8 Å². The third-order valence-electron chi connectivity index (χ3n) is 3.30. The van der Waals surface area contributed by atoms with E-state index in [2.05, 4.69) is 22.2 Å². The number of nitrogens with one attached hydrogen (secondary N) is 2. The van der Waals surface area contributed by atoms with Gasteiger partial charge in [-0.25, -0.2) is 4.98 Å². The quantitative estimate of drug-likeness (QED) is 0.903. The van der Waals surface area contributed by atoms with Crippen LogP contribution in [0.3, 0.4) is 0 Å². The fourth-order valence-electron chi connectivity index (χ4n) is 2.19. The predicted molar refractivity (Wildman–Crippen MR) is 82.5 cm³/mol. The van der Waals surface area contributed by atoms with Crippen LogP contribution in [0.4, 0.5) is 5.69 Å². The van der Waals surface area contributed by atoms with E-state index in [0.29, 0.717) is 17.1 Å². The molecule has 0 saturated carbocycles. The Morgan fingerprint density at radius 1 is 1.33 bits per heavy atom. The Morgan fingerprint density at radius 2 is 2.10 bits per heavy atom. The molecule has 0 spiro atoms. The van der Waals surface area contributed by atoms with Crippen LogP contribution in [0, 0.1) is 13.8 Å². The van der Waals surface area contributed by atoms with E-state index in [4.69, 9.17) is 0 Å². The van der Waals surface area contributed by atoms with E-state index in [1.165, 1.54) is 0 Å². The number of aryl methyl sites for hydroxylation is 3. The van der Waals surface area contributed by atoms with Gasteiger partial charge in [-0.1, -0.05) is 19.1 Å². The minimum atomic E-state index is -0.252. The van der Waals surface area contributed by atoms with Crippen molar-refractivity contribution in [3.63, 3.8) is 0 Å². The molecule has 0 fully saturated rings. The van der Waals surface area contributed by atoms with Crippen molar-refractivity contribution < 1.29 is 4.79 Å². The summed E-state index contributed by atoms with van der Waals surface area (Å²) >= 11 is 0. The molecular formula is C16H19N3O2. The van der Waals surface area contributed by atoms with Crippen LogP contribution in [0.5, 0.6) is 0 Å². The van der Waals surface area contributed by atoms with Gasteiger partial charge in [0.2, 0.25) is 5.91 Å². The Balaban J connectivity index is 2.13. The molecule has 1 amide bonds. The Labute approximate surface area is 123 Å². The predicted octanol–water partition coefficient (Wildman–Crippen LogP) is 2.13. The standard InChI is InChI=1S/C16H19N3O2/c1-4-12-6-5-7-13(8-12)19-15(20)9-14-10(2)17-11(3)18-16(14)21/h5-8H,4,9H2,1-3H3,(H,19,20)(H,17,18,21). The lowest BCUT2D eigenvalue weighted by Gasteiger charge is -2.08. The number of aromatic amines is 1. The molecule has 110 valence electrons. The zero-order valence-corrected chi connectivity index (χ0v) is 12.5. The van der Waals surface area contributed by atoms with E-state index in [0.717, 1.165) is 17.7 Å². The number of hydrogen-bond donors (Lipinski definition) is 2. The summed E-state index contributed by atoms with van der Waals surface area (Å²) in [7, 11) is 0. The van der Waals surface area contributed by atoms with Crippen LogP contribution in [0.1, 0.15) is 29.6 Å². The van der Waals surface area contributed by atoms with Gasteiger partial charge in [-0.2, -0.15) is 0 Å². The SMILES string of the molecule is CCc1cccc(NC(=O)Cc2c(C)nc(C)[nH]c2=O)c1. The molecule has 0 aliphatic heterocycles. The number of benzene rings is 1.